The molecule has 1 amide bonds. The van der Waals surface area contributed by atoms with Crippen LogP contribution in [0.25, 0.3) is 11.0 Å². The average Bonchev–Trinajstić information content (AvgIpc) is 3.71. The number of carbonyl (C=O) groups excluding carboxylic acids is 1. The monoisotopic (exact) mass is 541 g/mol. The average molecular weight is 542 g/mol. The Morgan fingerprint density at radius 1 is 1.00 bits per heavy atom. The normalized spacial score (nSPS) is 13.5. The van der Waals surface area contributed by atoms with Gasteiger partial charge in [0.15, 0.2) is 5.82 Å². The molecule has 1 aliphatic rings. The van der Waals surface area contributed by atoms with Crippen molar-refractivity contribution in [3.8, 4) is 11.5 Å². The first-order valence-corrected chi connectivity index (χ1v) is 13.3. The second-order valence-electron chi connectivity index (χ2n) is 9.60. The number of carbonyl (C=O) groups is 1. The SMILES string of the molecule is O=C(NC1CCCC1)c1c[nH]nc1Nc1ccc2[nH]c(NCc3ccc(Oc4ccc(Cl)cc4)cc3)nc2c1. The summed E-state index contributed by atoms with van der Waals surface area (Å²) >= 11 is 5.93. The lowest BCUT2D eigenvalue weighted by Gasteiger charge is -2.12. The third-order valence-corrected chi connectivity index (χ3v) is 7.01. The molecule has 10 heteroatoms. The lowest BCUT2D eigenvalue weighted by molar-refractivity contribution is 0.0939. The molecule has 5 N–H and O–H groups in total. The van der Waals surface area contributed by atoms with Crippen molar-refractivity contribution in [2.45, 2.75) is 38.3 Å². The van der Waals surface area contributed by atoms with Crippen LogP contribution in [-0.2, 0) is 6.54 Å². The molecule has 39 heavy (non-hydrogen) atoms. The van der Waals surface area contributed by atoms with Gasteiger partial charge in [-0.25, -0.2) is 4.98 Å². The topological polar surface area (TPSA) is 120 Å². The number of aromatic amines is 2. The molecule has 0 saturated heterocycles. The quantitative estimate of drug-likeness (QED) is 0.141. The van der Waals surface area contributed by atoms with E-state index in [4.69, 9.17) is 16.3 Å². The predicted molar refractivity (Wildman–Crippen MR) is 153 cm³/mol. The van der Waals surface area contributed by atoms with Gasteiger partial charge in [0, 0.05) is 29.5 Å². The summed E-state index contributed by atoms with van der Waals surface area (Å²) in [6, 6.07) is 21.2. The van der Waals surface area contributed by atoms with Crippen molar-refractivity contribution in [3.05, 3.63) is 89.1 Å². The maximum absolute atomic E-state index is 12.7. The number of ether oxygens (including phenoxy) is 1. The van der Waals surface area contributed by atoms with Gasteiger partial charge in [-0.15, -0.1) is 0 Å². The zero-order chi connectivity index (χ0) is 26.6. The molecule has 9 nitrogen and oxygen atoms in total. The third kappa shape index (κ3) is 5.99. The van der Waals surface area contributed by atoms with E-state index < -0.39 is 0 Å². The van der Waals surface area contributed by atoms with Gasteiger partial charge in [-0.3, -0.25) is 9.89 Å². The largest absolute Gasteiger partial charge is 0.457 e. The number of hydrogen-bond acceptors (Lipinski definition) is 6. The number of benzene rings is 3. The second-order valence-corrected chi connectivity index (χ2v) is 10.0. The Hall–Kier alpha value is -4.50. The molecular weight excluding hydrogens is 514 g/mol. The van der Waals surface area contributed by atoms with Crippen LogP contribution in [0.1, 0.15) is 41.6 Å². The fourth-order valence-corrected chi connectivity index (χ4v) is 4.82. The highest BCUT2D eigenvalue weighted by Gasteiger charge is 2.21. The molecule has 0 radical (unpaired) electrons. The Labute approximate surface area is 230 Å². The highest BCUT2D eigenvalue weighted by atomic mass is 35.5. The van der Waals surface area contributed by atoms with Crippen LogP contribution in [0.5, 0.6) is 11.5 Å². The van der Waals surface area contributed by atoms with Crippen LogP contribution < -0.4 is 20.7 Å². The molecule has 3 aromatic carbocycles. The van der Waals surface area contributed by atoms with Gasteiger partial charge in [-0.1, -0.05) is 36.6 Å². The van der Waals surface area contributed by atoms with E-state index in [9.17, 15) is 4.79 Å². The van der Waals surface area contributed by atoms with Gasteiger partial charge in [0.1, 0.15) is 17.1 Å². The summed E-state index contributed by atoms with van der Waals surface area (Å²) in [6.45, 7) is 0.596. The molecule has 0 spiro atoms. The van der Waals surface area contributed by atoms with Crippen LogP contribution in [0, 0.1) is 0 Å². The Balaban J connectivity index is 1.07. The first-order valence-electron chi connectivity index (χ1n) is 13.0. The Morgan fingerprint density at radius 3 is 2.51 bits per heavy atom. The smallest absolute Gasteiger partial charge is 0.256 e. The number of halogens is 1. The van der Waals surface area contributed by atoms with Gasteiger partial charge in [0.25, 0.3) is 5.91 Å². The van der Waals surface area contributed by atoms with Crippen LogP contribution in [0.2, 0.25) is 5.02 Å². The van der Waals surface area contributed by atoms with Crippen molar-refractivity contribution < 1.29 is 9.53 Å². The molecule has 1 saturated carbocycles. The van der Waals surface area contributed by atoms with Crippen LogP contribution in [0.3, 0.4) is 0 Å². The van der Waals surface area contributed by atoms with E-state index in [0.29, 0.717) is 28.9 Å². The van der Waals surface area contributed by atoms with E-state index in [0.717, 1.165) is 59.5 Å². The number of rotatable bonds is 9. The van der Waals surface area contributed by atoms with Gasteiger partial charge in [0.2, 0.25) is 5.95 Å². The molecule has 198 valence electrons. The van der Waals surface area contributed by atoms with Crippen LogP contribution in [0.15, 0.2) is 72.9 Å². The molecule has 0 atom stereocenters. The van der Waals surface area contributed by atoms with Crippen molar-refractivity contribution in [1.82, 2.24) is 25.5 Å². The number of hydrogen-bond donors (Lipinski definition) is 5. The molecule has 2 heterocycles. The zero-order valence-electron chi connectivity index (χ0n) is 21.1. The minimum Gasteiger partial charge on any atom is -0.457 e. The minimum atomic E-state index is -0.116. The molecule has 5 aromatic rings. The number of nitrogens with zero attached hydrogens (tertiary/aromatic N) is 2. The minimum absolute atomic E-state index is 0.116. The number of aromatic nitrogens is 4. The number of H-pyrrole nitrogens is 2. The number of amides is 1. The molecular formula is C29H28ClN7O2. The maximum atomic E-state index is 12.7. The molecule has 0 unspecified atom stereocenters. The lowest BCUT2D eigenvalue weighted by Crippen LogP contribution is -2.32. The van der Waals surface area contributed by atoms with Crippen LogP contribution in [-0.4, -0.2) is 32.1 Å². The van der Waals surface area contributed by atoms with Gasteiger partial charge in [-0.05, 0) is 73.0 Å². The van der Waals surface area contributed by atoms with E-state index in [1.54, 1.807) is 18.3 Å². The van der Waals surface area contributed by atoms with Crippen molar-refractivity contribution >= 4 is 46.0 Å². The summed E-state index contributed by atoms with van der Waals surface area (Å²) < 4.78 is 5.86. The first kappa shape index (κ1) is 24.8. The highest BCUT2D eigenvalue weighted by molar-refractivity contribution is 6.30. The molecule has 2 aromatic heterocycles. The van der Waals surface area contributed by atoms with Crippen LogP contribution in [0.4, 0.5) is 17.5 Å². The van der Waals surface area contributed by atoms with Crippen molar-refractivity contribution in [3.63, 3.8) is 0 Å². The maximum Gasteiger partial charge on any atom is 0.256 e. The zero-order valence-corrected chi connectivity index (χ0v) is 21.9. The van der Waals surface area contributed by atoms with E-state index in [1.807, 2.05) is 54.6 Å². The number of fused-ring (bicyclic) bond motifs is 1. The van der Waals surface area contributed by atoms with Crippen molar-refractivity contribution in [1.29, 1.82) is 0 Å². The number of anilines is 3. The molecule has 0 aliphatic heterocycles. The summed E-state index contributed by atoms with van der Waals surface area (Å²) in [7, 11) is 0. The number of imidazole rings is 1. The van der Waals surface area contributed by atoms with Gasteiger partial charge in [0.05, 0.1) is 11.0 Å². The molecule has 6 rings (SSSR count). The first-order chi connectivity index (χ1) is 19.1. The van der Waals surface area contributed by atoms with E-state index >= 15 is 0 Å². The second kappa shape index (κ2) is 11.1. The lowest BCUT2D eigenvalue weighted by atomic mass is 10.2. The Bertz CT molecular complexity index is 1570. The standard InChI is InChI=1S/C29H28ClN7O2/c30-19-7-12-23(13-8-19)39-22-10-5-18(6-11-22)16-31-29-35-25-14-9-21(15-26(25)36-29)33-27-24(17-32-37-27)28(38)34-20-3-1-2-4-20/h5-15,17,20H,1-4,16H2,(H,34,38)(H2,31,35,36)(H2,32,33,37). The van der Waals surface area contributed by atoms with E-state index in [-0.39, 0.29) is 11.9 Å². The predicted octanol–water partition coefficient (Wildman–Crippen LogP) is 6.76. The van der Waals surface area contributed by atoms with Gasteiger partial charge in [-0.2, -0.15) is 5.10 Å². The van der Waals surface area contributed by atoms with Crippen molar-refractivity contribution in [2.75, 3.05) is 10.6 Å². The summed E-state index contributed by atoms with van der Waals surface area (Å²) in [5, 5.41) is 17.4. The molecule has 1 aliphatic carbocycles. The van der Waals surface area contributed by atoms with E-state index in [2.05, 4.69) is 36.1 Å². The summed E-state index contributed by atoms with van der Waals surface area (Å²) in [5.41, 5.74) is 4.07. The molecule has 0 bridgehead atoms. The summed E-state index contributed by atoms with van der Waals surface area (Å²) in [6.07, 6.45) is 6.01. The van der Waals surface area contributed by atoms with E-state index in [1.165, 1.54) is 0 Å². The van der Waals surface area contributed by atoms with Gasteiger partial charge < -0.3 is 25.7 Å². The third-order valence-electron chi connectivity index (χ3n) is 6.75. The summed E-state index contributed by atoms with van der Waals surface area (Å²) in [4.78, 5) is 20.7. The molecule has 1 fully saturated rings. The van der Waals surface area contributed by atoms with Crippen LogP contribution >= 0.6 is 11.6 Å². The van der Waals surface area contributed by atoms with Gasteiger partial charge >= 0.3 is 0 Å². The Morgan fingerprint density at radius 2 is 1.74 bits per heavy atom. The van der Waals surface area contributed by atoms with Crippen molar-refractivity contribution in [2.24, 2.45) is 0 Å². The highest BCUT2D eigenvalue weighted by Crippen LogP contribution is 2.26. The fourth-order valence-electron chi connectivity index (χ4n) is 4.70. The number of nitrogens with one attached hydrogen (secondary N) is 5. The fraction of sp³-hybridized carbons (Fsp3) is 0.207. The summed E-state index contributed by atoms with van der Waals surface area (Å²) in [5.74, 6) is 2.52. The Kier molecular flexibility index (Phi) is 7.05.